The highest BCUT2D eigenvalue weighted by Gasteiger charge is 2.35. The number of benzene rings is 10. The first-order valence-electron chi connectivity index (χ1n) is 22.5. The third-order valence-corrected chi connectivity index (χ3v) is 14.3. The number of nitrogens with zero attached hydrogens (tertiary/aromatic N) is 4. The van der Waals surface area contributed by atoms with Gasteiger partial charge in [0.15, 0.2) is 0 Å². The van der Waals surface area contributed by atoms with Crippen molar-refractivity contribution in [3.8, 4) is 45.0 Å². The van der Waals surface area contributed by atoms with E-state index in [1.54, 1.807) is 0 Å². The lowest BCUT2D eigenvalue weighted by Gasteiger charge is -2.22. The Bertz CT molecular complexity index is 4150. The van der Waals surface area contributed by atoms with Crippen molar-refractivity contribution in [3.63, 3.8) is 0 Å². The van der Waals surface area contributed by atoms with E-state index in [1.165, 1.54) is 87.4 Å². The zero-order valence-corrected chi connectivity index (χ0v) is 35.9. The van der Waals surface area contributed by atoms with Gasteiger partial charge in [-0.1, -0.05) is 153 Å². The molecule has 10 aromatic carbocycles. The Labute approximate surface area is 375 Å². The molecule has 3 heterocycles. The predicted molar refractivity (Wildman–Crippen MR) is 272 cm³/mol. The monoisotopic (exact) mass is 828 g/mol. The van der Waals surface area contributed by atoms with Crippen LogP contribution in [0.3, 0.4) is 0 Å². The molecule has 4 nitrogen and oxygen atoms in total. The van der Waals surface area contributed by atoms with Crippen molar-refractivity contribution in [1.82, 2.24) is 19.1 Å². The van der Waals surface area contributed by atoms with Gasteiger partial charge in [-0.3, -0.25) is 0 Å². The highest BCUT2D eigenvalue weighted by atomic mass is 15.0. The van der Waals surface area contributed by atoms with Gasteiger partial charge in [0.2, 0.25) is 0 Å². The molecule has 1 aliphatic rings. The van der Waals surface area contributed by atoms with Crippen molar-refractivity contribution >= 4 is 76.2 Å². The van der Waals surface area contributed by atoms with Crippen LogP contribution < -0.4 is 0 Å². The Morgan fingerprint density at radius 1 is 0.354 bits per heavy atom. The molecule has 0 fully saturated rings. The van der Waals surface area contributed by atoms with Crippen LogP contribution in [-0.4, -0.2) is 19.1 Å². The van der Waals surface area contributed by atoms with E-state index in [0.717, 1.165) is 44.9 Å². The normalized spacial score (nSPS) is 13.2. The summed E-state index contributed by atoms with van der Waals surface area (Å²) >= 11 is 0. The molecule has 0 aliphatic heterocycles. The lowest BCUT2D eigenvalue weighted by atomic mass is 9.81. The van der Waals surface area contributed by atoms with Gasteiger partial charge in [0.05, 0.1) is 44.5 Å². The second kappa shape index (κ2) is 13.3. The van der Waals surface area contributed by atoms with Gasteiger partial charge in [0.1, 0.15) is 0 Å². The van der Waals surface area contributed by atoms with Crippen molar-refractivity contribution < 1.29 is 0 Å². The molecule has 1 aliphatic carbocycles. The lowest BCUT2D eigenvalue weighted by Crippen LogP contribution is -2.15. The Hall–Kier alpha value is -8.34. The molecule has 0 atom stereocenters. The highest BCUT2D eigenvalue weighted by Crippen LogP contribution is 2.50. The number of para-hydroxylation sites is 4. The molecule has 0 amide bonds. The van der Waals surface area contributed by atoms with Gasteiger partial charge in [0.25, 0.3) is 0 Å². The van der Waals surface area contributed by atoms with Gasteiger partial charge in [-0.15, -0.1) is 0 Å². The summed E-state index contributed by atoms with van der Waals surface area (Å²) in [6.07, 6.45) is 0. The number of aromatic nitrogens is 4. The van der Waals surface area contributed by atoms with Gasteiger partial charge in [-0.2, -0.15) is 0 Å². The predicted octanol–water partition coefficient (Wildman–Crippen LogP) is 15.8. The van der Waals surface area contributed by atoms with Crippen LogP contribution in [0.5, 0.6) is 0 Å². The molecule has 0 N–H and O–H groups in total. The van der Waals surface area contributed by atoms with Crippen LogP contribution in [0.4, 0.5) is 0 Å². The van der Waals surface area contributed by atoms with Crippen molar-refractivity contribution in [3.05, 3.63) is 217 Å². The topological polar surface area (TPSA) is 35.6 Å². The van der Waals surface area contributed by atoms with E-state index in [1.807, 2.05) is 12.1 Å². The average Bonchev–Trinajstić information content (AvgIpc) is 3.95. The van der Waals surface area contributed by atoms with Crippen LogP contribution >= 0.6 is 0 Å². The van der Waals surface area contributed by atoms with Crippen molar-refractivity contribution in [1.29, 1.82) is 0 Å². The number of hydrogen-bond acceptors (Lipinski definition) is 2. The number of rotatable bonds is 4. The Morgan fingerprint density at radius 3 is 1.75 bits per heavy atom. The molecule has 4 heteroatoms. The number of hydrogen-bond donors (Lipinski definition) is 0. The zero-order valence-electron chi connectivity index (χ0n) is 35.9. The zero-order chi connectivity index (χ0) is 43.0. The summed E-state index contributed by atoms with van der Waals surface area (Å²) in [6, 6.07) is 75.3. The maximum absolute atomic E-state index is 5.33. The van der Waals surface area contributed by atoms with E-state index in [0.29, 0.717) is 0 Å². The molecule has 3 aromatic heterocycles. The first-order valence-corrected chi connectivity index (χ1v) is 22.5. The van der Waals surface area contributed by atoms with Gasteiger partial charge < -0.3 is 9.13 Å². The SMILES string of the molecule is CC1(C)c2ccccc2-c2ccc(-c3nc4ccccc4nc3-c3ccc(-n4c5ccccc5c5cc6ccc(-n7c8ccccc8c8ccc9ccccc9c87)cc6cc54)cc3)cc21. The van der Waals surface area contributed by atoms with Gasteiger partial charge >= 0.3 is 0 Å². The molecular weight excluding hydrogens is 789 g/mol. The van der Waals surface area contributed by atoms with E-state index >= 15 is 0 Å². The third-order valence-electron chi connectivity index (χ3n) is 14.3. The summed E-state index contributed by atoms with van der Waals surface area (Å²) < 4.78 is 4.87. The first kappa shape index (κ1) is 36.2. The second-order valence-corrected chi connectivity index (χ2v) is 18.2. The fraction of sp³-hybridized carbons (Fsp3) is 0.0492. The molecule has 0 bridgehead atoms. The fourth-order valence-corrected chi connectivity index (χ4v) is 11.1. The maximum Gasteiger partial charge on any atom is 0.0973 e. The highest BCUT2D eigenvalue weighted by molar-refractivity contribution is 6.19. The van der Waals surface area contributed by atoms with Gasteiger partial charge in [-0.25, -0.2) is 9.97 Å². The second-order valence-electron chi connectivity index (χ2n) is 18.2. The summed E-state index contributed by atoms with van der Waals surface area (Å²) in [5.74, 6) is 0. The average molecular weight is 829 g/mol. The molecule has 65 heavy (non-hydrogen) atoms. The van der Waals surface area contributed by atoms with Crippen molar-refractivity contribution in [2.45, 2.75) is 19.3 Å². The summed E-state index contributed by atoms with van der Waals surface area (Å²) in [5, 5.41) is 9.89. The Balaban J connectivity index is 0.927. The van der Waals surface area contributed by atoms with E-state index in [-0.39, 0.29) is 5.41 Å². The van der Waals surface area contributed by atoms with E-state index in [2.05, 4.69) is 217 Å². The van der Waals surface area contributed by atoms with Crippen LogP contribution in [0, 0.1) is 0 Å². The van der Waals surface area contributed by atoms with E-state index in [4.69, 9.17) is 9.97 Å². The summed E-state index contributed by atoms with van der Waals surface area (Å²) in [4.78, 5) is 10.7. The molecule has 0 unspecified atom stereocenters. The molecule has 0 saturated carbocycles. The first-order chi connectivity index (χ1) is 32.0. The Kier molecular flexibility index (Phi) is 7.42. The van der Waals surface area contributed by atoms with Crippen molar-refractivity contribution in [2.24, 2.45) is 0 Å². The number of fused-ring (bicyclic) bond motifs is 13. The quantitative estimate of drug-likeness (QED) is 0.177. The lowest BCUT2D eigenvalue weighted by molar-refractivity contribution is 0.660. The van der Waals surface area contributed by atoms with Crippen LogP contribution in [0.2, 0.25) is 0 Å². The molecule has 0 saturated heterocycles. The maximum atomic E-state index is 5.33. The Morgan fingerprint density at radius 2 is 0.954 bits per heavy atom. The molecular formula is C61H40N4. The molecule has 0 spiro atoms. The summed E-state index contributed by atoms with van der Waals surface area (Å²) in [6.45, 7) is 4.66. The largest absolute Gasteiger partial charge is 0.309 e. The molecule has 13 aromatic rings. The van der Waals surface area contributed by atoms with Crippen molar-refractivity contribution in [2.75, 3.05) is 0 Å². The molecule has 0 radical (unpaired) electrons. The molecule has 304 valence electrons. The molecule has 14 rings (SSSR count). The van der Waals surface area contributed by atoms with E-state index < -0.39 is 0 Å². The minimum absolute atomic E-state index is 0.122. The van der Waals surface area contributed by atoms with Gasteiger partial charge in [0, 0.05) is 54.8 Å². The van der Waals surface area contributed by atoms with E-state index in [9.17, 15) is 0 Å². The van der Waals surface area contributed by atoms with Crippen LogP contribution in [0.25, 0.3) is 121 Å². The fourth-order valence-electron chi connectivity index (χ4n) is 11.1. The van der Waals surface area contributed by atoms with Crippen LogP contribution in [0.15, 0.2) is 206 Å². The van der Waals surface area contributed by atoms with Crippen LogP contribution in [-0.2, 0) is 5.41 Å². The third kappa shape index (κ3) is 5.19. The van der Waals surface area contributed by atoms with Crippen LogP contribution in [0.1, 0.15) is 25.0 Å². The standard InChI is InChI=1S/C61H40N4/c1-61(2)51-18-8-5-15-45(51)46-31-27-40(35-52(46)61)59-58(62-53-19-9-10-20-54(53)63-59)38-23-28-42(29-24-38)64-55-21-11-7-17-48(55)50-34-39-25-30-43(33-41(39)36-57(50)64)65-56-22-12-6-16-47(56)49-32-26-37-13-3-4-14-44(37)60(49)65/h3-36H,1-2H3. The summed E-state index contributed by atoms with van der Waals surface area (Å²) in [7, 11) is 0. The smallest absolute Gasteiger partial charge is 0.0973 e. The summed E-state index contributed by atoms with van der Waals surface area (Å²) in [5.41, 5.74) is 17.8. The minimum atomic E-state index is -0.122. The minimum Gasteiger partial charge on any atom is -0.309 e. The van der Waals surface area contributed by atoms with Gasteiger partial charge in [-0.05, 0) is 105 Å².